The molecule has 96 valence electrons. The van der Waals surface area contributed by atoms with Crippen molar-refractivity contribution in [2.75, 3.05) is 0 Å². The Morgan fingerprint density at radius 1 is 1.39 bits per heavy atom. The van der Waals surface area contributed by atoms with Crippen LogP contribution in [0.3, 0.4) is 0 Å². The second-order valence-corrected chi connectivity index (χ2v) is 3.38. The second kappa shape index (κ2) is 5.40. The monoisotopic (exact) mass is 258 g/mol. The summed E-state index contributed by atoms with van der Waals surface area (Å²) in [5.41, 5.74) is 0.377. The minimum absolute atomic E-state index is 0.377. The summed E-state index contributed by atoms with van der Waals surface area (Å²) < 4.78 is 39.4. The molecule has 1 amide bonds. The van der Waals surface area contributed by atoms with E-state index in [4.69, 9.17) is 5.26 Å². The molecule has 0 aliphatic heterocycles. The smallest absolute Gasteiger partial charge is 0.406 e. The predicted octanol–water partition coefficient (Wildman–Crippen LogP) is 2.29. The van der Waals surface area contributed by atoms with Gasteiger partial charge in [-0.05, 0) is 17.7 Å². The molecule has 1 aromatic carbocycles. The molecular weight excluding hydrogens is 249 g/mol. The lowest BCUT2D eigenvalue weighted by Crippen LogP contribution is -2.24. The molecule has 7 heteroatoms. The number of amides is 1. The van der Waals surface area contributed by atoms with Crippen molar-refractivity contribution in [3.8, 4) is 11.8 Å². The van der Waals surface area contributed by atoms with Gasteiger partial charge in [-0.25, -0.2) is 0 Å². The Balaban J connectivity index is 2.82. The van der Waals surface area contributed by atoms with Crippen LogP contribution in [-0.4, -0.2) is 12.3 Å². The van der Waals surface area contributed by atoms with Crippen molar-refractivity contribution in [3.63, 3.8) is 0 Å². The van der Waals surface area contributed by atoms with E-state index in [-0.39, 0.29) is 5.75 Å². The quantitative estimate of drug-likeness (QED) is 0.904. The van der Waals surface area contributed by atoms with E-state index in [1.165, 1.54) is 19.1 Å². The summed E-state index contributed by atoms with van der Waals surface area (Å²) >= 11 is 0. The highest BCUT2D eigenvalue weighted by atomic mass is 19.4. The van der Waals surface area contributed by atoms with E-state index in [2.05, 4.69) is 10.1 Å². The Morgan fingerprint density at radius 3 is 2.33 bits per heavy atom. The van der Waals surface area contributed by atoms with Gasteiger partial charge in [-0.3, -0.25) is 4.79 Å². The van der Waals surface area contributed by atoms with Gasteiger partial charge in [0.15, 0.2) is 0 Å². The first-order valence-corrected chi connectivity index (χ1v) is 4.84. The highest BCUT2D eigenvalue weighted by molar-refractivity contribution is 5.73. The topological polar surface area (TPSA) is 62.1 Å². The van der Waals surface area contributed by atoms with Crippen molar-refractivity contribution in [2.24, 2.45) is 0 Å². The molecule has 1 N–H and O–H groups in total. The molecule has 1 atom stereocenters. The van der Waals surface area contributed by atoms with Gasteiger partial charge in [0.25, 0.3) is 0 Å². The van der Waals surface area contributed by atoms with Crippen LogP contribution in [0.2, 0.25) is 0 Å². The Labute approximate surface area is 101 Å². The fraction of sp³-hybridized carbons (Fsp3) is 0.273. The standard InChI is InChI=1S/C11H9F3N2O2/c1-7(17)16-10(6-15)8-2-4-9(5-3-8)18-11(12,13)14/h2-5,10H,1H3,(H,16,17). The number of nitrogens with one attached hydrogen (secondary N) is 1. The van der Waals surface area contributed by atoms with Crippen molar-refractivity contribution in [3.05, 3.63) is 29.8 Å². The molecule has 0 radical (unpaired) electrons. The first-order valence-electron chi connectivity index (χ1n) is 4.84. The van der Waals surface area contributed by atoms with Gasteiger partial charge in [-0.1, -0.05) is 12.1 Å². The molecule has 0 spiro atoms. The van der Waals surface area contributed by atoms with Crippen LogP contribution in [0, 0.1) is 11.3 Å². The number of nitrogens with zero attached hydrogens (tertiary/aromatic N) is 1. The Bertz CT molecular complexity index is 463. The minimum atomic E-state index is -4.76. The van der Waals surface area contributed by atoms with Crippen molar-refractivity contribution in [2.45, 2.75) is 19.3 Å². The van der Waals surface area contributed by atoms with Gasteiger partial charge in [-0.2, -0.15) is 5.26 Å². The van der Waals surface area contributed by atoms with E-state index < -0.39 is 18.3 Å². The average molecular weight is 258 g/mol. The third-order valence-corrected chi connectivity index (χ3v) is 1.92. The van der Waals surface area contributed by atoms with Crippen LogP contribution in [0.1, 0.15) is 18.5 Å². The van der Waals surface area contributed by atoms with Crippen LogP contribution in [0.25, 0.3) is 0 Å². The number of hydrogen-bond acceptors (Lipinski definition) is 3. The van der Waals surface area contributed by atoms with Crippen molar-refractivity contribution in [1.82, 2.24) is 5.32 Å². The highest BCUT2D eigenvalue weighted by Crippen LogP contribution is 2.24. The molecule has 0 heterocycles. The summed E-state index contributed by atoms with van der Waals surface area (Å²) in [6.45, 7) is 1.24. The molecule has 1 aromatic rings. The number of carbonyl (C=O) groups is 1. The highest BCUT2D eigenvalue weighted by Gasteiger charge is 2.31. The molecule has 0 bridgehead atoms. The molecule has 18 heavy (non-hydrogen) atoms. The van der Waals surface area contributed by atoms with Crippen molar-refractivity contribution >= 4 is 5.91 Å². The van der Waals surface area contributed by atoms with Crippen LogP contribution >= 0.6 is 0 Å². The lowest BCUT2D eigenvalue weighted by molar-refractivity contribution is -0.274. The molecule has 0 aliphatic rings. The zero-order valence-corrected chi connectivity index (χ0v) is 9.28. The molecule has 0 fully saturated rings. The molecule has 1 rings (SSSR count). The number of rotatable bonds is 3. The number of alkyl halides is 3. The molecule has 1 unspecified atom stereocenters. The number of nitriles is 1. The van der Waals surface area contributed by atoms with Gasteiger partial charge < -0.3 is 10.1 Å². The molecule has 0 aliphatic carbocycles. The Kier molecular flexibility index (Phi) is 4.15. The zero-order valence-electron chi connectivity index (χ0n) is 9.28. The van der Waals surface area contributed by atoms with Crippen molar-refractivity contribution in [1.29, 1.82) is 5.26 Å². The second-order valence-electron chi connectivity index (χ2n) is 3.38. The van der Waals surface area contributed by atoms with Crippen LogP contribution in [0.15, 0.2) is 24.3 Å². The van der Waals surface area contributed by atoms with E-state index in [0.717, 1.165) is 12.1 Å². The molecule has 0 saturated heterocycles. The van der Waals surface area contributed by atoms with E-state index in [1.54, 1.807) is 0 Å². The maximum atomic E-state index is 11.9. The lowest BCUT2D eigenvalue weighted by Gasteiger charge is -2.12. The molecule has 4 nitrogen and oxygen atoms in total. The van der Waals surface area contributed by atoms with Gasteiger partial charge in [0.2, 0.25) is 5.91 Å². The largest absolute Gasteiger partial charge is 0.573 e. The van der Waals surface area contributed by atoms with Crippen LogP contribution in [0.5, 0.6) is 5.75 Å². The summed E-state index contributed by atoms with van der Waals surface area (Å²) in [6.07, 6.45) is -4.76. The maximum absolute atomic E-state index is 11.9. The van der Waals surface area contributed by atoms with Gasteiger partial charge >= 0.3 is 6.36 Å². The summed E-state index contributed by atoms with van der Waals surface area (Å²) in [4.78, 5) is 10.8. The fourth-order valence-corrected chi connectivity index (χ4v) is 1.26. The fourth-order valence-electron chi connectivity index (χ4n) is 1.26. The molecule has 0 saturated carbocycles. The van der Waals surface area contributed by atoms with Gasteiger partial charge in [0.1, 0.15) is 11.8 Å². The van der Waals surface area contributed by atoms with E-state index in [9.17, 15) is 18.0 Å². The first kappa shape index (κ1) is 13.8. The van der Waals surface area contributed by atoms with Crippen LogP contribution < -0.4 is 10.1 Å². The van der Waals surface area contributed by atoms with Crippen molar-refractivity contribution < 1.29 is 22.7 Å². The average Bonchev–Trinajstić information content (AvgIpc) is 2.24. The minimum Gasteiger partial charge on any atom is -0.406 e. The Hall–Kier alpha value is -2.23. The van der Waals surface area contributed by atoms with E-state index in [0.29, 0.717) is 5.56 Å². The van der Waals surface area contributed by atoms with Crippen LogP contribution in [0.4, 0.5) is 13.2 Å². The Morgan fingerprint density at radius 2 is 1.94 bits per heavy atom. The normalized spacial score (nSPS) is 12.4. The number of hydrogen-bond donors (Lipinski definition) is 1. The third-order valence-electron chi connectivity index (χ3n) is 1.92. The summed E-state index contributed by atoms with van der Waals surface area (Å²) in [5, 5.41) is 11.2. The summed E-state index contributed by atoms with van der Waals surface area (Å²) in [5.74, 6) is -0.789. The molecular formula is C11H9F3N2O2. The SMILES string of the molecule is CC(=O)NC(C#N)c1ccc(OC(F)(F)F)cc1. The van der Waals surface area contributed by atoms with E-state index in [1.807, 2.05) is 6.07 Å². The van der Waals surface area contributed by atoms with E-state index >= 15 is 0 Å². The van der Waals surface area contributed by atoms with Crippen LogP contribution in [-0.2, 0) is 4.79 Å². The molecule has 0 aromatic heterocycles. The predicted molar refractivity (Wildman–Crippen MR) is 55.3 cm³/mol. The lowest BCUT2D eigenvalue weighted by atomic mass is 10.1. The number of carbonyl (C=O) groups excluding carboxylic acids is 1. The van der Waals surface area contributed by atoms with Gasteiger partial charge in [-0.15, -0.1) is 13.2 Å². The summed E-state index contributed by atoms with van der Waals surface area (Å²) in [7, 11) is 0. The third kappa shape index (κ3) is 4.33. The number of benzene rings is 1. The number of ether oxygens (including phenoxy) is 1. The first-order chi connectivity index (χ1) is 8.31. The van der Waals surface area contributed by atoms with Gasteiger partial charge in [0, 0.05) is 6.92 Å². The zero-order chi connectivity index (χ0) is 13.8. The maximum Gasteiger partial charge on any atom is 0.573 e. The van der Waals surface area contributed by atoms with Gasteiger partial charge in [0.05, 0.1) is 6.07 Å². The number of halogens is 3. The summed E-state index contributed by atoms with van der Waals surface area (Å²) in [6, 6.07) is 5.64.